The van der Waals surface area contributed by atoms with Crippen molar-refractivity contribution in [3.05, 3.63) is 30.1 Å². The molecule has 0 amide bonds. The van der Waals surface area contributed by atoms with Crippen LogP contribution in [0.3, 0.4) is 0 Å². The number of allylic oxidation sites excluding steroid dienone is 1. The van der Waals surface area contributed by atoms with Crippen molar-refractivity contribution in [2.24, 2.45) is 0 Å². The summed E-state index contributed by atoms with van der Waals surface area (Å²) >= 11 is 0. The lowest BCUT2D eigenvalue weighted by Gasteiger charge is -1.94. The number of pyridine rings is 1. The van der Waals surface area contributed by atoms with Crippen LogP contribution in [0.1, 0.15) is 12.5 Å². The van der Waals surface area contributed by atoms with Gasteiger partial charge >= 0.3 is 0 Å². The van der Waals surface area contributed by atoms with E-state index >= 15 is 0 Å². The maximum atomic E-state index is 4.11. The van der Waals surface area contributed by atoms with Gasteiger partial charge in [-0.15, -0.1) is 0 Å². The number of fused-ring (bicyclic) bond motifs is 1. The Bertz CT molecular complexity index is 289. The van der Waals surface area contributed by atoms with E-state index in [1.54, 1.807) is 6.20 Å². The van der Waals surface area contributed by atoms with Crippen LogP contribution in [0.4, 0.5) is 5.82 Å². The molecule has 0 N–H and O–H groups in total. The number of hydrogen-bond donors (Lipinski definition) is 0. The molecule has 0 saturated carbocycles. The molecule has 2 rings (SSSR count). The molecule has 0 atom stereocenters. The topological polar surface area (TPSA) is 27.0 Å². The Balaban J connectivity index is 2.61. The first-order chi connectivity index (χ1) is 4.88. The number of rotatable bonds is 0. The van der Waals surface area contributed by atoms with Gasteiger partial charge in [0.1, 0.15) is 0 Å². The molecule has 0 aliphatic carbocycles. The molecule has 1 aliphatic heterocycles. The van der Waals surface area contributed by atoms with Gasteiger partial charge in [0.2, 0.25) is 0 Å². The van der Waals surface area contributed by atoms with Crippen molar-refractivity contribution in [2.45, 2.75) is 6.92 Å². The molecule has 1 aliphatic rings. The smallest absolute Gasteiger partial charge is 0.159 e. The average Bonchev–Trinajstić information content (AvgIpc) is 2.34. The Morgan fingerprint density at radius 2 is 2.30 bits per heavy atom. The van der Waals surface area contributed by atoms with Crippen molar-refractivity contribution in [1.29, 1.82) is 0 Å². The van der Waals surface area contributed by atoms with Gasteiger partial charge in [-0.2, -0.15) is 0 Å². The minimum absolute atomic E-state index is 0.847. The summed E-state index contributed by atoms with van der Waals surface area (Å²) in [6, 6.07) is 3.96. The molecular weight excluding hydrogens is 124 g/mol. The minimum atomic E-state index is 0.847. The predicted molar refractivity (Wildman–Crippen MR) is 39.7 cm³/mol. The number of nitrogens with zero attached hydrogens (tertiary/aromatic N) is 2. The first kappa shape index (κ1) is 5.47. The summed E-state index contributed by atoms with van der Waals surface area (Å²) < 4.78 is 0. The minimum Gasteiger partial charge on any atom is -0.237 e. The van der Waals surface area contributed by atoms with Crippen molar-refractivity contribution < 1.29 is 0 Å². The van der Waals surface area contributed by atoms with Crippen LogP contribution in [0.2, 0.25) is 0 Å². The van der Waals surface area contributed by atoms with Gasteiger partial charge in [0.05, 0.1) is 0 Å². The van der Waals surface area contributed by atoms with Crippen molar-refractivity contribution in [2.75, 3.05) is 0 Å². The quantitative estimate of drug-likeness (QED) is 0.526. The highest BCUT2D eigenvalue weighted by atomic mass is 15.0. The van der Waals surface area contributed by atoms with Crippen molar-refractivity contribution in [1.82, 2.24) is 10.3 Å². The van der Waals surface area contributed by atoms with Gasteiger partial charge in [0.25, 0.3) is 0 Å². The molecule has 1 radical (unpaired) electrons. The van der Waals surface area contributed by atoms with Gasteiger partial charge in [-0.25, -0.2) is 10.3 Å². The van der Waals surface area contributed by atoms with Crippen LogP contribution in [-0.2, 0) is 0 Å². The Labute approximate surface area is 59.6 Å². The standard InChI is InChI=1S/C8H7N2/c1-6-5-10-8-7(6)3-2-4-9-8/h2-5H,1H3. The zero-order valence-electron chi connectivity index (χ0n) is 5.70. The zero-order chi connectivity index (χ0) is 6.97. The van der Waals surface area contributed by atoms with E-state index in [1.165, 1.54) is 5.57 Å². The molecule has 1 aromatic heterocycles. The summed E-state index contributed by atoms with van der Waals surface area (Å²) in [4.78, 5) is 4.09. The van der Waals surface area contributed by atoms with E-state index in [4.69, 9.17) is 0 Å². The Morgan fingerprint density at radius 3 is 3.10 bits per heavy atom. The number of aromatic nitrogens is 1. The summed E-state index contributed by atoms with van der Waals surface area (Å²) in [5.41, 5.74) is 2.35. The largest absolute Gasteiger partial charge is 0.237 e. The van der Waals surface area contributed by atoms with Gasteiger partial charge in [0, 0.05) is 18.0 Å². The second kappa shape index (κ2) is 1.84. The van der Waals surface area contributed by atoms with E-state index in [9.17, 15) is 0 Å². The summed E-state index contributed by atoms with van der Waals surface area (Å²) in [5, 5.41) is 4.11. The van der Waals surface area contributed by atoms with Gasteiger partial charge in [0.15, 0.2) is 5.82 Å². The molecule has 0 saturated heterocycles. The Kier molecular flexibility index (Phi) is 1.01. The van der Waals surface area contributed by atoms with Crippen LogP contribution < -0.4 is 5.32 Å². The molecule has 10 heavy (non-hydrogen) atoms. The molecule has 0 aromatic carbocycles. The molecule has 0 unspecified atom stereocenters. The molecule has 2 heterocycles. The third-order valence-corrected chi connectivity index (χ3v) is 1.59. The lowest BCUT2D eigenvalue weighted by molar-refractivity contribution is 1.12. The van der Waals surface area contributed by atoms with Gasteiger partial charge < -0.3 is 0 Å². The molecule has 2 heteroatoms. The SMILES string of the molecule is CC1=C[N]c2ncccc21. The van der Waals surface area contributed by atoms with Crippen LogP contribution in [-0.4, -0.2) is 4.98 Å². The Morgan fingerprint density at radius 1 is 1.40 bits per heavy atom. The van der Waals surface area contributed by atoms with Crippen molar-refractivity contribution in [3.8, 4) is 0 Å². The average molecular weight is 131 g/mol. The first-order valence-electron chi connectivity index (χ1n) is 3.21. The molecule has 0 spiro atoms. The second-order valence-corrected chi connectivity index (χ2v) is 2.32. The summed E-state index contributed by atoms with van der Waals surface area (Å²) in [6.07, 6.45) is 3.60. The van der Waals surface area contributed by atoms with E-state index in [1.807, 2.05) is 25.3 Å². The van der Waals surface area contributed by atoms with Crippen molar-refractivity contribution in [3.63, 3.8) is 0 Å². The lowest BCUT2D eigenvalue weighted by atomic mass is 10.2. The van der Waals surface area contributed by atoms with E-state index in [0.717, 1.165) is 11.4 Å². The number of hydrogen-bond acceptors (Lipinski definition) is 1. The normalized spacial score (nSPS) is 13.9. The summed E-state index contributed by atoms with van der Waals surface area (Å²) in [7, 11) is 0. The predicted octanol–water partition coefficient (Wildman–Crippen LogP) is 1.69. The maximum Gasteiger partial charge on any atom is 0.159 e. The molecule has 0 fully saturated rings. The highest BCUT2D eigenvalue weighted by Crippen LogP contribution is 2.26. The van der Waals surface area contributed by atoms with Crippen LogP contribution in [0.5, 0.6) is 0 Å². The third-order valence-electron chi connectivity index (χ3n) is 1.59. The third kappa shape index (κ3) is 0.620. The highest BCUT2D eigenvalue weighted by Gasteiger charge is 2.10. The van der Waals surface area contributed by atoms with E-state index < -0.39 is 0 Å². The fourth-order valence-electron chi connectivity index (χ4n) is 1.04. The van der Waals surface area contributed by atoms with Crippen molar-refractivity contribution >= 4 is 11.4 Å². The van der Waals surface area contributed by atoms with Crippen LogP contribution in [0, 0.1) is 0 Å². The van der Waals surface area contributed by atoms with Gasteiger partial charge in [-0.05, 0) is 24.6 Å². The molecular formula is C8H7N2. The van der Waals surface area contributed by atoms with E-state index in [0.29, 0.717) is 0 Å². The van der Waals surface area contributed by atoms with E-state index in [-0.39, 0.29) is 0 Å². The summed E-state index contributed by atoms with van der Waals surface area (Å²) in [6.45, 7) is 2.04. The fraction of sp³-hybridized carbons (Fsp3) is 0.125. The molecule has 0 bridgehead atoms. The van der Waals surface area contributed by atoms with Gasteiger partial charge in [-0.3, -0.25) is 0 Å². The molecule has 2 nitrogen and oxygen atoms in total. The monoisotopic (exact) mass is 131 g/mol. The van der Waals surface area contributed by atoms with Crippen LogP contribution in [0.15, 0.2) is 24.5 Å². The van der Waals surface area contributed by atoms with Crippen LogP contribution >= 0.6 is 0 Å². The molecule has 1 aromatic rings. The molecule has 49 valence electrons. The Hall–Kier alpha value is -1.31. The lowest BCUT2D eigenvalue weighted by Crippen LogP contribution is -1.84. The highest BCUT2D eigenvalue weighted by molar-refractivity contribution is 5.75. The maximum absolute atomic E-state index is 4.11. The first-order valence-corrected chi connectivity index (χ1v) is 3.21. The second-order valence-electron chi connectivity index (χ2n) is 2.32. The fourth-order valence-corrected chi connectivity index (χ4v) is 1.04. The van der Waals surface area contributed by atoms with E-state index in [2.05, 4.69) is 10.3 Å². The summed E-state index contributed by atoms with van der Waals surface area (Å²) in [5.74, 6) is 0.847. The van der Waals surface area contributed by atoms with Gasteiger partial charge in [-0.1, -0.05) is 0 Å². The zero-order valence-corrected chi connectivity index (χ0v) is 5.70. The van der Waals surface area contributed by atoms with Crippen LogP contribution in [0.25, 0.3) is 5.57 Å².